The zero-order valence-corrected chi connectivity index (χ0v) is 19.8. The number of hydrogen-bond donors (Lipinski definition) is 4. The number of carbonyl (C=O) groups is 4. The third-order valence-electron chi connectivity index (χ3n) is 4.17. The average molecular weight is 459 g/mol. The van der Waals surface area contributed by atoms with Crippen molar-refractivity contribution in [2.45, 2.75) is 52.9 Å². The summed E-state index contributed by atoms with van der Waals surface area (Å²) in [6.45, 7) is 7.83. The molecule has 0 fully saturated rings. The van der Waals surface area contributed by atoms with Gasteiger partial charge in [-0.15, -0.1) is 0 Å². The lowest BCUT2D eigenvalue weighted by Gasteiger charge is -2.09. The van der Waals surface area contributed by atoms with Crippen molar-refractivity contribution in [3.05, 3.63) is 23.8 Å². The summed E-state index contributed by atoms with van der Waals surface area (Å²) in [5.74, 6) is 5.73. The summed E-state index contributed by atoms with van der Waals surface area (Å²) in [7, 11) is 0. The van der Waals surface area contributed by atoms with Crippen LogP contribution in [0.15, 0.2) is 12.4 Å². The van der Waals surface area contributed by atoms with Crippen LogP contribution in [0, 0.1) is 17.8 Å². The van der Waals surface area contributed by atoms with Gasteiger partial charge in [0.25, 0.3) is 0 Å². The predicted molar refractivity (Wildman–Crippen MR) is 124 cm³/mol. The van der Waals surface area contributed by atoms with Crippen molar-refractivity contribution < 1.29 is 19.2 Å². The summed E-state index contributed by atoms with van der Waals surface area (Å²) < 4.78 is 0. The minimum absolute atomic E-state index is 0.155. The molecule has 0 atom stereocenters. The van der Waals surface area contributed by atoms with Gasteiger partial charge in [-0.3, -0.25) is 19.2 Å². The summed E-state index contributed by atoms with van der Waals surface area (Å²) >= 11 is 0. The van der Waals surface area contributed by atoms with Crippen molar-refractivity contribution in [1.29, 1.82) is 0 Å². The summed E-state index contributed by atoms with van der Waals surface area (Å²) in [5, 5.41) is 9.96. The van der Waals surface area contributed by atoms with E-state index in [0.29, 0.717) is 25.3 Å². The first-order chi connectivity index (χ1) is 15.7. The highest BCUT2D eigenvalue weighted by Crippen LogP contribution is 2.07. The molecule has 10 nitrogen and oxygen atoms in total. The van der Waals surface area contributed by atoms with Crippen LogP contribution in [-0.4, -0.2) is 59.8 Å². The molecule has 0 radical (unpaired) electrons. The van der Waals surface area contributed by atoms with Crippen molar-refractivity contribution in [1.82, 2.24) is 31.2 Å². The molecule has 0 spiro atoms. The maximum Gasteiger partial charge on any atom is 0.239 e. The Balaban J connectivity index is 2.14. The Hall–Kier alpha value is -3.48. The first-order valence-corrected chi connectivity index (χ1v) is 11.0. The fourth-order valence-electron chi connectivity index (χ4n) is 2.33. The van der Waals surface area contributed by atoms with Gasteiger partial charge in [-0.05, 0) is 12.3 Å². The first kappa shape index (κ1) is 27.6. The van der Waals surface area contributed by atoms with E-state index in [2.05, 4.69) is 43.1 Å². The fraction of sp³-hybridized carbons (Fsp3) is 0.565. The second-order valence-electron chi connectivity index (χ2n) is 8.17. The third-order valence-corrected chi connectivity index (χ3v) is 4.17. The van der Waals surface area contributed by atoms with Crippen molar-refractivity contribution in [3.8, 4) is 11.8 Å². The highest BCUT2D eigenvalue weighted by Gasteiger charge is 2.09. The molecule has 0 aliphatic rings. The average Bonchev–Trinajstić information content (AvgIpc) is 2.78. The van der Waals surface area contributed by atoms with Crippen LogP contribution in [0.4, 0.5) is 0 Å². The summed E-state index contributed by atoms with van der Waals surface area (Å²) in [4.78, 5) is 55.3. The van der Waals surface area contributed by atoms with E-state index in [1.165, 1.54) is 0 Å². The van der Waals surface area contributed by atoms with Crippen molar-refractivity contribution >= 4 is 23.6 Å². The van der Waals surface area contributed by atoms with Crippen LogP contribution < -0.4 is 21.3 Å². The molecule has 0 saturated carbocycles. The topological polar surface area (TPSA) is 142 Å². The molecular formula is C23H34N6O4. The van der Waals surface area contributed by atoms with E-state index in [4.69, 9.17) is 0 Å². The molecule has 33 heavy (non-hydrogen) atoms. The molecule has 0 unspecified atom stereocenters. The molecule has 0 aromatic carbocycles. The maximum absolute atomic E-state index is 11.8. The molecule has 1 aromatic heterocycles. The highest BCUT2D eigenvalue weighted by atomic mass is 16.2. The lowest BCUT2D eigenvalue weighted by Crippen LogP contribution is -2.44. The Bertz CT molecular complexity index is 856. The molecule has 1 aromatic rings. The molecule has 10 heteroatoms. The van der Waals surface area contributed by atoms with Crippen LogP contribution in [0.2, 0.25) is 0 Å². The lowest BCUT2D eigenvalue weighted by molar-refractivity contribution is -0.128. The Labute approximate surface area is 195 Å². The van der Waals surface area contributed by atoms with E-state index in [1.807, 2.05) is 27.7 Å². The van der Waals surface area contributed by atoms with Gasteiger partial charge in [0.05, 0.1) is 25.2 Å². The number of unbranched alkanes of at least 4 members (excludes halogenated alkanes) is 1. The Morgan fingerprint density at radius 2 is 1.33 bits per heavy atom. The quantitative estimate of drug-likeness (QED) is 0.261. The summed E-state index contributed by atoms with van der Waals surface area (Å²) in [5.41, 5.74) is 0.723. The number of hydrogen-bond acceptors (Lipinski definition) is 6. The molecule has 0 bridgehead atoms. The Kier molecular flexibility index (Phi) is 12.8. The van der Waals surface area contributed by atoms with Gasteiger partial charge in [-0.1, -0.05) is 39.5 Å². The Morgan fingerprint density at radius 1 is 0.818 bits per heavy atom. The van der Waals surface area contributed by atoms with E-state index >= 15 is 0 Å². The number of amides is 4. The zero-order chi connectivity index (χ0) is 24.6. The molecule has 4 amide bonds. The molecule has 0 aliphatic heterocycles. The van der Waals surface area contributed by atoms with Gasteiger partial charge >= 0.3 is 0 Å². The Morgan fingerprint density at radius 3 is 1.85 bits per heavy atom. The second kappa shape index (κ2) is 15.3. The lowest BCUT2D eigenvalue weighted by atomic mass is 10.2. The normalized spacial score (nSPS) is 10.2. The van der Waals surface area contributed by atoms with E-state index in [0.717, 1.165) is 11.4 Å². The van der Waals surface area contributed by atoms with Gasteiger partial charge in [0, 0.05) is 37.7 Å². The van der Waals surface area contributed by atoms with Gasteiger partial charge in [-0.25, -0.2) is 9.97 Å². The summed E-state index contributed by atoms with van der Waals surface area (Å²) in [6, 6.07) is 0. The molecule has 4 N–H and O–H groups in total. The molecule has 1 heterocycles. The third kappa shape index (κ3) is 13.5. The molecule has 0 aliphatic carbocycles. The van der Waals surface area contributed by atoms with Crippen LogP contribution in [0.1, 0.15) is 64.3 Å². The van der Waals surface area contributed by atoms with Crippen molar-refractivity contribution in [3.63, 3.8) is 0 Å². The minimum atomic E-state index is -0.493. The fourth-order valence-corrected chi connectivity index (χ4v) is 2.33. The van der Waals surface area contributed by atoms with E-state index < -0.39 is 11.8 Å². The molecule has 1 rings (SSSR count). The number of carbonyl (C=O) groups excluding carboxylic acids is 4. The smallest absolute Gasteiger partial charge is 0.239 e. The van der Waals surface area contributed by atoms with Crippen molar-refractivity contribution in [2.24, 2.45) is 5.92 Å². The van der Waals surface area contributed by atoms with E-state index in [9.17, 15) is 19.2 Å². The van der Waals surface area contributed by atoms with Crippen LogP contribution >= 0.6 is 0 Å². The highest BCUT2D eigenvalue weighted by molar-refractivity contribution is 5.89. The summed E-state index contributed by atoms with van der Waals surface area (Å²) in [6.07, 6.45) is 4.67. The molecule has 0 saturated heterocycles. The van der Waals surface area contributed by atoms with Gasteiger partial charge in [-0.2, -0.15) is 0 Å². The predicted octanol–water partition coefficient (Wildman–Crippen LogP) is 0.243. The molecular weight excluding hydrogens is 424 g/mol. The maximum atomic E-state index is 11.8. The van der Waals surface area contributed by atoms with Crippen LogP contribution in [0.3, 0.4) is 0 Å². The number of rotatable bonds is 12. The van der Waals surface area contributed by atoms with Gasteiger partial charge in [0.2, 0.25) is 23.6 Å². The van der Waals surface area contributed by atoms with E-state index in [1.54, 1.807) is 12.4 Å². The molecule has 180 valence electrons. The minimum Gasteiger partial charge on any atom is -0.354 e. The van der Waals surface area contributed by atoms with Gasteiger partial charge in [0.15, 0.2) is 0 Å². The second-order valence-corrected chi connectivity index (χ2v) is 8.17. The number of nitrogens with zero attached hydrogens (tertiary/aromatic N) is 2. The monoisotopic (exact) mass is 458 g/mol. The number of nitrogens with one attached hydrogen (secondary N) is 4. The number of aromatic nitrogens is 2. The van der Waals surface area contributed by atoms with Crippen LogP contribution in [-0.2, 0) is 19.2 Å². The first-order valence-electron chi connectivity index (χ1n) is 11.0. The van der Waals surface area contributed by atoms with Crippen LogP contribution in [0.5, 0.6) is 0 Å². The SMILES string of the molecule is CC(C)CNC(=O)CNC(=O)CNC(=O)CNC(=O)CCCC#Cc1cnc(C(C)C)nc1. The van der Waals surface area contributed by atoms with Crippen LogP contribution in [0.25, 0.3) is 0 Å². The van der Waals surface area contributed by atoms with E-state index in [-0.39, 0.29) is 43.8 Å². The standard InChI is InChI=1S/C23H34N6O4/c1-16(2)10-24-20(31)14-26-22(33)15-27-21(32)13-25-19(30)9-7-5-6-8-18-11-28-23(17(3)4)29-12-18/h11-12,16-17H,5,7,9-10,13-15H2,1-4H3,(H,24,31)(H,25,30)(H,26,33)(H,27,32). The zero-order valence-electron chi connectivity index (χ0n) is 19.8. The van der Waals surface area contributed by atoms with Gasteiger partial charge < -0.3 is 21.3 Å². The van der Waals surface area contributed by atoms with Crippen molar-refractivity contribution in [2.75, 3.05) is 26.2 Å². The van der Waals surface area contributed by atoms with Gasteiger partial charge in [0.1, 0.15) is 5.82 Å². The largest absolute Gasteiger partial charge is 0.354 e.